The van der Waals surface area contributed by atoms with Crippen LogP contribution in [0.3, 0.4) is 0 Å². The summed E-state index contributed by atoms with van der Waals surface area (Å²) in [6, 6.07) is 11.6. The lowest BCUT2D eigenvalue weighted by Crippen LogP contribution is -2.23. The first-order valence-corrected chi connectivity index (χ1v) is 13.6. The van der Waals surface area contributed by atoms with Crippen LogP contribution in [0.5, 0.6) is 0 Å². The van der Waals surface area contributed by atoms with Crippen LogP contribution in [0.15, 0.2) is 30.3 Å². The summed E-state index contributed by atoms with van der Waals surface area (Å²) in [4.78, 5) is 13.3. The van der Waals surface area contributed by atoms with E-state index < -0.39 is 0 Å². The lowest BCUT2D eigenvalue weighted by molar-refractivity contribution is -0.121. The van der Waals surface area contributed by atoms with Crippen LogP contribution in [0.25, 0.3) is 11.1 Å². The fourth-order valence-electron chi connectivity index (χ4n) is 7.65. The maximum absolute atomic E-state index is 13.3. The Morgan fingerprint density at radius 2 is 1.31 bits per heavy atom. The molecule has 1 unspecified atom stereocenters. The molecular weight excluding hydrogens is 388 g/mol. The van der Waals surface area contributed by atoms with Gasteiger partial charge in [0.15, 0.2) is 0 Å². The van der Waals surface area contributed by atoms with Crippen molar-refractivity contribution in [1.29, 1.82) is 0 Å². The van der Waals surface area contributed by atoms with Crippen molar-refractivity contribution < 1.29 is 4.79 Å². The number of Topliss-reactive ketones (excluding diaryl/α,β-unsaturated/α-hetero) is 1. The zero-order valence-electron chi connectivity index (χ0n) is 19.6. The topological polar surface area (TPSA) is 17.1 Å². The van der Waals surface area contributed by atoms with Gasteiger partial charge in [-0.2, -0.15) is 0 Å². The highest BCUT2D eigenvalue weighted by Crippen LogP contribution is 2.52. The molecule has 0 bridgehead atoms. The molecule has 32 heavy (non-hydrogen) atoms. The molecule has 0 amide bonds. The Morgan fingerprint density at radius 1 is 0.656 bits per heavy atom. The minimum Gasteiger partial charge on any atom is -0.299 e. The quantitative estimate of drug-likeness (QED) is 0.410. The lowest BCUT2D eigenvalue weighted by atomic mass is 9.68. The first-order valence-electron chi connectivity index (χ1n) is 13.6. The van der Waals surface area contributed by atoms with E-state index in [1.165, 1.54) is 92.9 Å². The van der Waals surface area contributed by atoms with E-state index in [-0.39, 0.29) is 5.92 Å². The Morgan fingerprint density at radius 3 is 2.03 bits per heavy atom. The van der Waals surface area contributed by atoms with Gasteiger partial charge in [0.1, 0.15) is 5.78 Å². The molecule has 1 heteroatoms. The molecule has 0 N–H and O–H groups in total. The average molecular weight is 427 g/mol. The third kappa shape index (κ3) is 3.57. The number of rotatable bonds is 3. The Hall–Kier alpha value is -1.89. The molecule has 0 spiro atoms. The maximum Gasteiger partial charge on any atom is 0.140 e. The minimum atomic E-state index is 0.154. The zero-order valence-corrected chi connectivity index (χ0v) is 19.6. The Bertz CT molecular complexity index is 1000. The normalized spacial score (nSPS) is 24.4. The molecule has 1 atom stereocenters. The molecule has 0 saturated heterocycles. The number of hydrogen-bond donors (Lipinski definition) is 0. The summed E-state index contributed by atoms with van der Waals surface area (Å²) in [5.74, 6) is 2.07. The van der Waals surface area contributed by atoms with Gasteiger partial charge in [-0.1, -0.05) is 69.2 Å². The van der Waals surface area contributed by atoms with Crippen LogP contribution in [0.4, 0.5) is 0 Å². The highest BCUT2D eigenvalue weighted by molar-refractivity contribution is 5.89. The summed E-state index contributed by atoms with van der Waals surface area (Å²) < 4.78 is 0. The first kappa shape index (κ1) is 20.7. The summed E-state index contributed by atoms with van der Waals surface area (Å²) >= 11 is 0. The predicted octanol–water partition coefficient (Wildman–Crippen LogP) is 8.58. The number of carbonyl (C=O) groups excluding carboxylic acids is 1. The van der Waals surface area contributed by atoms with E-state index in [1.807, 2.05) is 0 Å². The molecule has 3 saturated carbocycles. The third-order valence-corrected chi connectivity index (χ3v) is 9.18. The number of hydrogen-bond acceptors (Lipinski definition) is 1. The molecule has 0 aromatic heterocycles. The van der Waals surface area contributed by atoms with Gasteiger partial charge in [-0.3, -0.25) is 4.79 Å². The lowest BCUT2D eigenvalue weighted by Gasteiger charge is -2.36. The van der Waals surface area contributed by atoms with E-state index in [9.17, 15) is 4.79 Å². The highest BCUT2D eigenvalue weighted by atomic mass is 16.1. The van der Waals surface area contributed by atoms with E-state index in [0.29, 0.717) is 17.6 Å². The van der Waals surface area contributed by atoms with Gasteiger partial charge in [-0.15, -0.1) is 0 Å². The van der Waals surface area contributed by atoms with Crippen LogP contribution < -0.4 is 0 Å². The van der Waals surface area contributed by atoms with E-state index in [0.717, 1.165) is 25.7 Å². The van der Waals surface area contributed by atoms with Gasteiger partial charge in [-0.25, -0.2) is 0 Å². The van der Waals surface area contributed by atoms with E-state index in [1.54, 1.807) is 16.7 Å². The van der Waals surface area contributed by atoms with Crippen molar-refractivity contribution in [3.05, 3.63) is 58.1 Å². The first-order chi connectivity index (χ1) is 15.8. The second-order valence-electron chi connectivity index (χ2n) is 11.1. The predicted molar refractivity (Wildman–Crippen MR) is 133 cm³/mol. The number of ketones is 1. The molecule has 2 aromatic rings. The third-order valence-electron chi connectivity index (χ3n) is 9.18. The van der Waals surface area contributed by atoms with Gasteiger partial charge in [0.05, 0.1) is 0 Å². The molecule has 1 nitrogen and oxygen atoms in total. The minimum absolute atomic E-state index is 0.154. The SMILES string of the molecule is O=C1CCCCC1c1cc2c(c(C3CCCCC3)c1C1CCCCC1)Cc1ccccc1-2. The van der Waals surface area contributed by atoms with Gasteiger partial charge in [0.25, 0.3) is 0 Å². The monoisotopic (exact) mass is 426 g/mol. The van der Waals surface area contributed by atoms with Crippen molar-refractivity contribution in [2.75, 3.05) is 0 Å². The molecule has 4 aliphatic carbocycles. The molecule has 3 fully saturated rings. The van der Waals surface area contributed by atoms with Crippen molar-refractivity contribution >= 4 is 5.78 Å². The number of benzene rings is 2. The van der Waals surface area contributed by atoms with Gasteiger partial charge < -0.3 is 0 Å². The summed E-state index contributed by atoms with van der Waals surface area (Å²) in [6.45, 7) is 0. The second kappa shape index (κ2) is 8.81. The van der Waals surface area contributed by atoms with E-state index in [4.69, 9.17) is 0 Å². The van der Waals surface area contributed by atoms with Crippen LogP contribution in [-0.2, 0) is 11.2 Å². The van der Waals surface area contributed by atoms with Crippen LogP contribution in [0.1, 0.15) is 135 Å². The Labute approximate surface area is 194 Å². The van der Waals surface area contributed by atoms with Crippen LogP contribution in [-0.4, -0.2) is 5.78 Å². The Kier molecular flexibility index (Phi) is 5.70. The highest BCUT2D eigenvalue weighted by Gasteiger charge is 2.36. The molecule has 4 aliphatic rings. The van der Waals surface area contributed by atoms with Crippen LogP contribution >= 0.6 is 0 Å². The smallest absolute Gasteiger partial charge is 0.140 e. The van der Waals surface area contributed by atoms with E-state index >= 15 is 0 Å². The second-order valence-corrected chi connectivity index (χ2v) is 11.1. The molecular formula is C31H38O. The Balaban J connectivity index is 1.59. The summed E-state index contributed by atoms with van der Waals surface area (Å²) in [5.41, 5.74) is 11.0. The number of carbonyl (C=O) groups is 1. The van der Waals surface area contributed by atoms with Gasteiger partial charge in [0.2, 0.25) is 0 Å². The molecule has 0 aliphatic heterocycles. The van der Waals surface area contributed by atoms with Gasteiger partial charge >= 0.3 is 0 Å². The number of fused-ring (bicyclic) bond motifs is 3. The van der Waals surface area contributed by atoms with Gasteiger partial charge in [0, 0.05) is 12.3 Å². The zero-order chi connectivity index (χ0) is 21.5. The van der Waals surface area contributed by atoms with Gasteiger partial charge in [-0.05, 0) is 102 Å². The van der Waals surface area contributed by atoms with Crippen molar-refractivity contribution in [2.45, 2.75) is 114 Å². The fourth-order valence-corrected chi connectivity index (χ4v) is 7.65. The van der Waals surface area contributed by atoms with Crippen molar-refractivity contribution in [2.24, 2.45) is 0 Å². The summed E-state index contributed by atoms with van der Waals surface area (Å²) in [7, 11) is 0. The molecule has 2 aromatic carbocycles. The maximum atomic E-state index is 13.3. The largest absolute Gasteiger partial charge is 0.299 e. The fraction of sp³-hybridized carbons (Fsp3) is 0.581. The van der Waals surface area contributed by atoms with Crippen molar-refractivity contribution in [3.8, 4) is 11.1 Å². The molecule has 168 valence electrons. The standard InChI is InChI=1S/C31H38O/c32-29-18-10-9-17-25(29)28-20-26-24-16-8-7-15-23(24)19-27(26)30(21-11-3-1-4-12-21)31(28)22-13-5-2-6-14-22/h7-8,15-16,20-22,25H,1-6,9-14,17-19H2. The average Bonchev–Trinajstić information content (AvgIpc) is 3.23. The van der Waals surface area contributed by atoms with E-state index in [2.05, 4.69) is 30.3 Å². The summed E-state index contributed by atoms with van der Waals surface area (Å²) in [5, 5.41) is 0. The summed E-state index contributed by atoms with van der Waals surface area (Å²) in [6.07, 6.45) is 18.9. The van der Waals surface area contributed by atoms with Crippen molar-refractivity contribution in [1.82, 2.24) is 0 Å². The molecule has 0 radical (unpaired) electrons. The van der Waals surface area contributed by atoms with Crippen molar-refractivity contribution in [3.63, 3.8) is 0 Å². The molecule has 0 heterocycles. The van der Waals surface area contributed by atoms with Crippen LogP contribution in [0.2, 0.25) is 0 Å². The van der Waals surface area contributed by atoms with Crippen LogP contribution in [0, 0.1) is 0 Å². The molecule has 6 rings (SSSR count).